The molecule has 0 saturated carbocycles. The minimum Gasteiger partial charge on any atom is -0.377 e. The van der Waals surface area contributed by atoms with Gasteiger partial charge in [-0.15, -0.1) is 0 Å². The summed E-state index contributed by atoms with van der Waals surface area (Å²) in [5, 5.41) is 11.6. The van der Waals surface area contributed by atoms with Crippen LogP contribution in [0.4, 0.5) is 16.3 Å². The highest BCUT2D eigenvalue weighted by Crippen LogP contribution is 2.25. The minimum absolute atomic E-state index is 0.0682. The van der Waals surface area contributed by atoms with E-state index in [4.69, 9.17) is 10.00 Å². The molecule has 2 aromatic rings. The van der Waals surface area contributed by atoms with Crippen molar-refractivity contribution in [3.63, 3.8) is 0 Å². The number of urea groups is 1. The highest BCUT2D eigenvalue weighted by Gasteiger charge is 2.23. The lowest BCUT2D eigenvalue weighted by molar-refractivity contribution is 0.0985. The van der Waals surface area contributed by atoms with Crippen LogP contribution in [0.2, 0.25) is 0 Å². The summed E-state index contributed by atoms with van der Waals surface area (Å²) in [5.74, 6) is 0.0565. The third kappa shape index (κ3) is 5.93. The molecule has 1 fully saturated rings. The Morgan fingerprint density at radius 2 is 2.03 bits per heavy atom. The first-order valence-electron chi connectivity index (χ1n) is 10.1. The summed E-state index contributed by atoms with van der Waals surface area (Å²) < 4.78 is 30.0. The van der Waals surface area contributed by atoms with Gasteiger partial charge in [0.05, 0.1) is 36.8 Å². The zero-order valence-electron chi connectivity index (χ0n) is 18.3. The molecule has 2 amide bonds. The maximum atomic E-state index is 12.2. The van der Waals surface area contributed by atoms with Crippen molar-refractivity contribution >= 4 is 27.4 Å². The van der Waals surface area contributed by atoms with E-state index in [1.807, 2.05) is 6.92 Å². The van der Waals surface area contributed by atoms with E-state index in [1.165, 1.54) is 4.90 Å². The summed E-state index contributed by atoms with van der Waals surface area (Å²) in [6, 6.07) is 10.2. The van der Waals surface area contributed by atoms with Crippen LogP contribution in [-0.4, -0.2) is 75.0 Å². The third-order valence-electron chi connectivity index (χ3n) is 4.88. The second-order valence-corrected chi connectivity index (χ2v) is 9.82. The van der Waals surface area contributed by atoms with Crippen LogP contribution in [0.1, 0.15) is 12.6 Å². The van der Waals surface area contributed by atoms with Gasteiger partial charge in [0.1, 0.15) is 11.6 Å². The average Bonchev–Trinajstić information content (AvgIpc) is 2.74. The molecule has 11 heteroatoms. The number of aromatic nitrogens is 2. The Balaban J connectivity index is 1.96. The number of benzene rings is 1. The number of carbonyl (C=O) groups is 1. The van der Waals surface area contributed by atoms with Crippen LogP contribution in [0.3, 0.4) is 0 Å². The summed E-state index contributed by atoms with van der Waals surface area (Å²) in [7, 11) is -0.319. The number of rotatable bonds is 6. The number of nitrogens with zero attached hydrogens (tertiary/aromatic N) is 5. The average molecular weight is 459 g/mol. The first kappa shape index (κ1) is 23.4. The number of morpholine rings is 1. The molecule has 1 aromatic heterocycles. The van der Waals surface area contributed by atoms with E-state index in [1.54, 1.807) is 50.5 Å². The van der Waals surface area contributed by atoms with E-state index in [2.05, 4.69) is 20.2 Å². The van der Waals surface area contributed by atoms with Crippen LogP contribution in [0.25, 0.3) is 11.4 Å². The van der Waals surface area contributed by atoms with E-state index >= 15 is 0 Å². The first-order valence-corrected chi connectivity index (χ1v) is 11.9. The van der Waals surface area contributed by atoms with Gasteiger partial charge in [-0.3, -0.25) is 0 Å². The van der Waals surface area contributed by atoms with Gasteiger partial charge < -0.3 is 19.9 Å². The van der Waals surface area contributed by atoms with Crippen molar-refractivity contribution in [1.82, 2.24) is 14.9 Å². The molecule has 0 aliphatic carbocycles. The molecule has 2 heterocycles. The Labute approximate surface area is 187 Å². The number of hydrogen-bond acceptors (Lipinski definition) is 8. The summed E-state index contributed by atoms with van der Waals surface area (Å²) in [6.07, 6.45) is 0. The molecule has 1 N–H and O–H groups in total. The Kier molecular flexibility index (Phi) is 7.27. The van der Waals surface area contributed by atoms with Gasteiger partial charge in [0.2, 0.25) is 0 Å². The van der Waals surface area contributed by atoms with Gasteiger partial charge in [-0.2, -0.15) is 5.26 Å². The van der Waals surface area contributed by atoms with Gasteiger partial charge in [0, 0.05) is 38.0 Å². The molecule has 1 atom stereocenters. The smallest absolute Gasteiger partial charge is 0.321 e. The summed E-state index contributed by atoms with van der Waals surface area (Å²) >= 11 is 0. The van der Waals surface area contributed by atoms with Crippen LogP contribution in [0.5, 0.6) is 0 Å². The molecule has 10 nitrogen and oxygen atoms in total. The topological polar surface area (TPSA) is 129 Å². The number of anilines is 2. The molecule has 1 aliphatic rings. The van der Waals surface area contributed by atoms with Gasteiger partial charge in [-0.05, 0) is 31.2 Å². The minimum atomic E-state index is -3.62. The molecule has 1 aromatic carbocycles. The fraction of sp³-hybridized carbons (Fsp3) is 0.429. The normalized spacial score (nSPS) is 16.3. The lowest BCUT2D eigenvalue weighted by atomic mass is 10.2. The molecular weight excluding hydrogens is 432 g/mol. The predicted molar refractivity (Wildman–Crippen MR) is 121 cm³/mol. The molecule has 0 bridgehead atoms. The van der Waals surface area contributed by atoms with Gasteiger partial charge in [-0.1, -0.05) is 0 Å². The van der Waals surface area contributed by atoms with Crippen LogP contribution in [0.15, 0.2) is 30.3 Å². The SMILES string of the molecule is C[C@@H]1COCCN1c1cc(CS(=O)(=O)CC#N)nc(-c2ccc(NC(=O)N(C)C)cc2)n1. The van der Waals surface area contributed by atoms with E-state index in [9.17, 15) is 13.2 Å². The van der Waals surface area contributed by atoms with Crippen molar-refractivity contribution < 1.29 is 17.9 Å². The molecule has 32 heavy (non-hydrogen) atoms. The Hall–Kier alpha value is -3.23. The summed E-state index contributed by atoms with van der Waals surface area (Å²) in [6.45, 7) is 3.72. The maximum absolute atomic E-state index is 12.2. The highest BCUT2D eigenvalue weighted by atomic mass is 32.2. The fourth-order valence-corrected chi connectivity index (χ4v) is 4.11. The maximum Gasteiger partial charge on any atom is 0.321 e. The summed E-state index contributed by atoms with van der Waals surface area (Å²) in [4.78, 5) is 24.5. The van der Waals surface area contributed by atoms with Crippen molar-refractivity contribution in [2.24, 2.45) is 0 Å². The monoisotopic (exact) mass is 458 g/mol. The van der Waals surface area contributed by atoms with Crippen molar-refractivity contribution in [1.29, 1.82) is 5.26 Å². The second-order valence-electron chi connectivity index (χ2n) is 7.75. The number of nitriles is 1. The van der Waals surface area contributed by atoms with Gasteiger partial charge in [0.15, 0.2) is 15.7 Å². The fourth-order valence-electron chi connectivity index (χ4n) is 3.21. The molecule has 0 unspecified atom stereocenters. The Bertz CT molecular complexity index is 1110. The van der Waals surface area contributed by atoms with Crippen molar-refractivity contribution in [3.05, 3.63) is 36.0 Å². The molecule has 3 rings (SSSR count). The van der Waals surface area contributed by atoms with Gasteiger partial charge in [0.25, 0.3) is 0 Å². The van der Waals surface area contributed by atoms with E-state index < -0.39 is 15.6 Å². The van der Waals surface area contributed by atoms with Crippen LogP contribution < -0.4 is 10.2 Å². The van der Waals surface area contributed by atoms with Crippen LogP contribution in [0, 0.1) is 11.3 Å². The van der Waals surface area contributed by atoms with Gasteiger partial charge >= 0.3 is 6.03 Å². The van der Waals surface area contributed by atoms with Crippen molar-refractivity contribution in [2.45, 2.75) is 18.7 Å². The third-order valence-corrected chi connectivity index (χ3v) is 6.18. The molecule has 1 saturated heterocycles. The molecule has 170 valence electrons. The van der Waals surface area contributed by atoms with E-state index in [-0.39, 0.29) is 17.8 Å². The van der Waals surface area contributed by atoms with E-state index in [0.29, 0.717) is 48.3 Å². The largest absolute Gasteiger partial charge is 0.377 e. The van der Waals surface area contributed by atoms with Gasteiger partial charge in [-0.25, -0.2) is 23.2 Å². The first-order chi connectivity index (χ1) is 15.2. The predicted octanol–water partition coefficient (Wildman–Crippen LogP) is 1.90. The Morgan fingerprint density at radius 1 is 1.31 bits per heavy atom. The lowest BCUT2D eigenvalue weighted by Gasteiger charge is -2.34. The van der Waals surface area contributed by atoms with Crippen LogP contribution >= 0.6 is 0 Å². The Morgan fingerprint density at radius 3 is 2.66 bits per heavy atom. The summed E-state index contributed by atoms with van der Waals surface area (Å²) in [5.41, 5.74) is 1.61. The highest BCUT2D eigenvalue weighted by molar-refractivity contribution is 7.90. The van der Waals surface area contributed by atoms with Crippen molar-refractivity contribution in [3.8, 4) is 17.5 Å². The zero-order chi connectivity index (χ0) is 23.3. The molecular formula is C21H26N6O4S. The lowest BCUT2D eigenvalue weighted by Crippen LogP contribution is -2.44. The number of ether oxygens (including phenoxy) is 1. The quantitative estimate of drug-likeness (QED) is 0.695. The van der Waals surface area contributed by atoms with Crippen molar-refractivity contribution in [2.75, 3.05) is 49.8 Å². The number of hydrogen-bond donors (Lipinski definition) is 1. The van der Waals surface area contributed by atoms with E-state index in [0.717, 1.165) is 0 Å². The number of nitrogens with one attached hydrogen (secondary N) is 1. The molecule has 0 spiro atoms. The number of sulfone groups is 1. The molecule has 1 aliphatic heterocycles. The number of carbonyl (C=O) groups excluding carboxylic acids is 1. The zero-order valence-corrected chi connectivity index (χ0v) is 19.1. The standard InChI is InChI=1S/C21H26N6O4S/c1-15-13-31-10-9-27(15)19-12-18(14-32(29,30)11-8-22)23-20(25-19)16-4-6-17(7-5-16)24-21(28)26(2)3/h4-7,12,15H,9-11,13-14H2,1-3H3,(H,24,28)/t15-/m1/s1. The molecule has 0 radical (unpaired) electrons. The number of amides is 2. The van der Waals surface area contributed by atoms with Crippen LogP contribution in [-0.2, 0) is 20.3 Å². The second kappa shape index (κ2) is 9.93.